The Bertz CT molecular complexity index is 494. The molecule has 0 N–H and O–H groups in total. The third-order valence-corrected chi connectivity index (χ3v) is 2.58. The molecule has 1 aromatic carbocycles. The molecule has 0 saturated carbocycles. The number of non-ortho nitro benzene ring substituents is 1. The van der Waals surface area contributed by atoms with Crippen molar-refractivity contribution in [3.05, 3.63) is 27.8 Å². The van der Waals surface area contributed by atoms with Gasteiger partial charge in [-0.15, -0.1) is 0 Å². The highest BCUT2D eigenvalue weighted by molar-refractivity contribution is 7.00. The molecular weight excluding hydrogens is 202 g/mol. The maximum absolute atomic E-state index is 10.7. The molecule has 5 nitrogen and oxygen atoms in total. The van der Waals surface area contributed by atoms with E-state index in [1.54, 1.807) is 6.07 Å². The topological polar surface area (TPSA) is 68.9 Å². The summed E-state index contributed by atoms with van der Waals surface area (Å²) in [5, 5.41) is 10.7. The van der Waals surface area contributed by atoms with Gasteiger partial charge in [-0.3, -0.25) is 10.1 Å². The Morgan fingerprint density at radius 3 is 2.79 bits per heavy atom. The summed E-state index contributed by atoms with van der Waals surface area (Å²) in [7, 11) is 0. The number of nitro benzene ring substituents is 1. The number of nitro groups is 1. The van der Waals surface area contributed by atoms with Gasteiger partial charge in [0.1, 0.15) is 5.52 Å². The van der Waals surface area contributed by atoms with Gasteiger partial charge in [0.25, 0.3) is 5.69 Å². The lowest BCUT2D eigenvalue weighted by Gasteiger charge is -1.97. The fourth-order valence-corrected chi connectivity index (χ4v) is 1.93. The second-order valence-electron chi connectivity index (χ2n) is 2.82. The van der Waals surface area contributed by atoms with Crippen molar-refractivity contribution in [1.29, 1.82) is 0 Å². The number of aromatic nitrogens is 2. The molecule has 1 aromatic heterocycles. The van der Waals surface area contributed by atoms with Gasteiger partial charge in [-0.1, -0.05) is 6.92 Å². The molecule has 6 heteroatoms. The van der Waals surface area contributed by atoms with Gasteiger partial charge in [0.2, 0.25) is 0 Å². The maximum Gasteiger partial charge on any atom is 0.298 e. The molecule has 0 spiro atoms. The van der Waals surface area contributed by atoms with Crippen LogP contribution in [0.5, 0.6) is 0 Å². The smallest absolute Gasteiger partial charge is 0.258 e. The zero-order valence-corrected chi connectivity index (χ0v) is 8.24. The monoisotopic (exact) mass is 209 g/mol. The highest BCUT2D eigenvalue weighted by atomic mass is 32.1. The summed E-state index contributed by atoms with van der Waals surface area (Å²) in [6.07, 6.45) is 0.805. The fourth-order valence-electron chi connectivity index (χ4n) is 1.34. The fraction of sp³-hybridized carbons (Fsp3) is 0.250. The third kappa shape index (κ3) is 1.24. The van der Waals surface area contributed by atoms with Gasteiger partial charge in [-0.05, 0) is 18.1 Å². The van der Waals surface area contributed by atoms with Crippen molar-refractivity contribution in [1.82, 2.24) is 8.75 Å². The second-order valence-corrected chi connectivity index (χ2v) is 3.34. The first-order chi connectivity index (χ1) is 6.74. The number of aryl methyl sites for hydroxylation is 1. The van der Waals surface area contributed by atoms with E-state index in [2.05, 4.69) is 8.75 Å². The van der Waals surface area contributed by atoms with Crippen molar-refractivity contribution >= 4 is 28.4 Å². The van der Waals surface area contributed by atoms with E-state index in [4.69, 9.17) is 0 Å². The molecule has 2 rings (SSSR count). The van der Waals surface area contributed by atoms with E-state index in [1.165, 1.54) is 6.07 Å². The molecule has 0 aliphatic carbocycles. The van der Waals surface area contributed by atoms with Crippen LogP contribution in [0.25, 0.3) is 11.0 Å². The minimum Gasteiger partial charge on any atom is -0.258 e. The summed E-state index contributed by atoms with van der Waals surface area (Å²) in [5.41, 5.74) is 2.09. The minimum absolute atomic E-state index is 0.0333. The first kappa shape index (κ1) is 9.01. The largest absolute Gasteiger partial charge is 0.298 e. The van der Waals surface area contributed by atoms with Crippen molar-refractivity contribution in [2.24, 2.45) is 0 Å². The molecule has 0 radical (unpaired) electrons. The van der Waals surface area contributed by atoms with Gasteiger partial charge in [0.15, 0.2) is 5.52 Å². The lowest BCUT2D eigenvalue weighted by Crippen LogP contribution is -1.91. The van der Waals surface area contributed by atoms with E-state index < -0.39 is 4.92 Å². The van der Waals surface area contributed by atoms with Crippen LogP contribution >= 0.6 is 11.7 Å². The molecule has 0 aliphatic rings. The molecule has 0 saturated heterocycles. The van der Waals surface area contributed by atoms with Crippen LogP contribution < -0.4 is 0 Å². The summed E-state index contributed by atoms with van der Waals surface area (Å²) >= 11 is 1.01. The van der Waals surface area contributed by atoms with E-state index in [9.17, 15) is 10.1 Å². The number of benzene rings is 1. The number of nitrogens with zero attached hydrogens (tertiary/aromatic N) is 3. The van der Waals surface area contributed by atoms with Crippen molar-refractivity contribution in [2.45, 2.75) is 13.3 Å². The zero-order chi connectivity index (χ0) is 10.1. The molecular formula is C8H7N3O2S. The Hall–Kier alpha value is -1.56. The molecule has 0 atom stereocenters. The predicted octanol–water partition coefficient (Wildman–Crippen LogP) is 2.16. The van der Waals surface area contributed by atoms with Crippen LogP contribution in [0.2, 0.25) is 0 Å². The van der Waals surface area contributed by atoms with Gasteiger partial charge >= 0.3 is 0 Å². The maximum atomic E-state index is 10.7. The Kier molecular flexibility index (Phi) is 2.12. The molecule has 0 unspecified atom stereocenters. The summed E-state index contributed by atoms with van der Waals surface area (Å²) in [6, 6.07) is 3.23. The van der Waals surface area contributed by atoms with Gasteiger partial charge in [-0.25, -0.2) is 0 Å². The Labute approximate surface area is 83.9 Å². The summed E-state index contributed by atoms with van der Waals surface area (Å²) in [4.78, 5) is 10.2. The van der Waals surface area contributed by atoms with Crippen molar-refractivity contribution in [2.75, 3.05) is 0 Å². The molecule has 72 valence electrons. The van der Waals surface area contributed by atoms with Crippen molar-refractivity contribution in [3.8, 4) is 0 Å². The SMILES string of the molecule is CCc1ccc([N+](=O)[O-])c2nsnc12. The third-order valence-electron chi connectivity index (χ3n) is 2.06. The Morgan fingerprint density at radius 1 is 1.43 bits per heavy atom. The summed E-state index contributed by atoms with van der Waals surface area (Å²) in [5.74, 6) is 0. The zero-order valence-electron chi connectivity index (χ0n) is 7.43. The lowest BCUT2D eigenvalue weighted by atomic mass is 10.1. The number of hydrogen-bond donors (Lipinski definition) is 0. The van der Waals surface area contributed by atoms with Crippen LogP contribution in [0, 0.1) is 10.1 Å². The van der Waals surface area contributed by atoms with Crippen LogP contribution in [0.4, 0.5) is 5.69 Å². The Morgan fingerprint density at radius 2 is 2.14 bits per heavy atom. The number of rotatable bonds is 2. The lowest BCUT2D eigenvalue weighted by molar-refractivity contribution is -0.383. The summed E-state index contributed by atoms with van der Waals surface area (Å²) < 4.78 is 8.00. The van der Waals surface area contributed by atoms with Crippen LogP contribution in [0.1, 0.15) is 12.5 Å². The second kappa shape index (κ2) is 3.30. The van der Waals surface area contributed by atoms with Gasteiger partial charge < -0.3 is 0 Å². The summed E-state index contributed by atoms with van der Waals surface area (Å²) in [6.45, 7) is 1.99. The molecule has 0 fully saturated rings. The number of fused-ring (bicyclic) bond motifs is 1. The van der Waals surface area contributed by atoms with Gasteiger partial charge in [-0.2, -0.15) is 8.75 Å². The molecule has 1 heterocycles. The minimum atomic E-state index is -0.427. The van der Waals surface area contributed by atoms with Gasteiger partial charge in [0.05, 0.1) is 16.7 Å². The van der Waals surface area contributed by atoms with E-state index >= 15 is 0 Å². The van der Waals surface area contributed by atoms with Crippen molar-refractivity contribution < 1.29 is 4.92 Å². The molecule has 0 amide bonds. The van der Waals surface area contributed by atoms with Crippen LogP contribution in [-0.4, -0.2) is 13.7 Å². The normalized spacial score (nSPS) is 10.6. The highest BCUT2D eigenvalue weighted by Crippen LogP contribution is 2.26. The van der Waals surface area contributed by atoms with E-state index in [0.29, 0.717) is 11.0 Å². The predicted molar refractivity (Wildman–Crippen MR) is 53.4 cm³/mol. The van der Waals surface area contributed by atoms with E-state index in [0.717, 1.165) is 23.7 Å². The molecule has 0 bridgehead atoms. The Balaban J connectivity index is 2.78. The average molecular weight is 209 g/mol. The quantitative estimate of drug-likeness (QED) is 0.561. The van der Waals surface area contributed by atoms with E-state index in [-0.39, 0.29) is 5.69 Å². The highest BCUT2D eigenvalue weighted by Gasteiger charge is 2.16. The molecule has 2 aromatic rings. The van der Waals surface area contributed by atoms with Crippen molar-refractivity contribution in [3.63, 3.8) is 0 Å². The molecule has 14 heavy (non-hydrogen) atoms. The standard InChI is InChI=1S/C8H7N3O2S/c1-2-5-3-4-6(11(12)13)8-7(5)9-14-10-8/h3-4H,2H2,1H3. The van der Waals surface area contributed by atoms with Crippen LogP contribution in [-0.2, 0) is 6.42 Å². The van der Waals surface area contributed by atoms with Crippen LogP contribution in [0.3, 0.4) is 0 Å². The first-order valence-electron chi connectivity index (χ1n) is 4.12. The average Bonchev–Trinajstić information content (AvgIpc) is 2.64. The first-order valence-corrected chi connectivity index (χ1v) is 4.85. The molecule has 0 aliphatic heterocycles. The van der Waals surface area contributed by atoms with E-state index in [1.807, 2.05) is 6.92 Å². The number of hydrogen-bond acceptors (Lipinski definition) is 5. The van der Waals surface area contributed by atoms with Gasteiger partial charge in [0, 0.05) is 6.07 Å². The van der Waals surface area contributed by atoms with Crippen LogP contribution in [0.15, 0.2) is 12.1 Å².